The van der Waals surface area contributed by atoms with E-state index in [9.17, 15) is 19.4 Å². The second-order valence-corrected chi connectivity index (χ2v) is 21.8. The maximum Gasteiger partial charge on any atom is 0.472 e. The zero-order valence-corrected chi connectivity index (χ0v) is 45.6. The van der Waals surface area contributed by atoms with Crippen LogP contribution in [0.4, 0.5) is 0 Å². The van der Waals surface area contributed by atoms with E-state index >= 15 is 0 Å². The monoisotopic (exact) mass is 975 g/mol. The smallest absolute Gasteiger partial charge is 0.457 e. The lowest BCUT2D eigenvalue weighted by Crippen LogP contribution is -2.29. The van der Waals surface area contributed by atoms with Gasteiger partial charge in [0.1, 0.15) is 12.2 Å². The summed E-state index contributed by atoms with van der Waals surface area (Å²) in [5.74, 6) is -0.372. The van der Waals surface area contributed by atoms with E-state index in [1.165, 1.54) is 263 Å². The summed E-state index contributed by atoms with van der Waals surface area (Å²) < 4.78 is 33.5. The third kappa shape index (κ3) is 54.6. The fourth-order valence-corrected chi connectivity index (χ4v) is 9.86. The molecule has 0 saturated carbocycles. The van der Waals surface area contributed by atoms with Gasteiger partial charge in [-0.2, -0.15) is 0 Å². The van der Waals surface area contributed by atoms with Crippen LogP contribution >= 0.6 is 7.82 Å². The first-order chi connectivity index (χ1) is 32.8. The van der Waals surface area contributed by atoms with Crippen LogP contribution < -0.4 is 0 Å². The lowest BCUT2D eigenvalue weighted by molar-refractivity contribution is -0.154. The van der Waals surface area contributed by atoms with Gasteiger partial charge in [0, 0.05) is 13.0 Å². The van der Waals surface area contributed by atoms with Crippen molar-refractivity contribution in [3.63, 3.8) is 0 Å². The van der Waals surface area contributed by atoms with Crippen molar-refractivity contribution in [3.8, 4) is 0 Å². The van der Waals surface area contributed by atoms with Crippen LogP contribution in [0.5, 0.6) is 0 Å². The highest BCUT2D eigenvalue weighted by molar-refractivity contribution is 7.47. The molecule has 67 heavy (non-hydrogen) atoms. The van der Waals surface area contributed by atoms with Crippen LogP contribution in [0.1, 0.15) is 316 Å². The number of esters is 1. The molecule has 1 unspecified atom stereocenters. The molecule has 0 aliphatic carbocycles. The van der Waals surface area contributed by atoms with Crippen molar-refractivity contribution in [2.24, 2.45) is 0 Å². The number of rotatable bonds is 58. The molecule has 10 heteroatoms. The molecule has 0 heterocycles. The minimum absolute atomic E-state index is 0.0583. The number of aliphatic hydroxyl groups excluding tert-OH is 2. The molecule has 0 fully saturated rings. The molecule has 0 aromatic rings. The van der Waals surface area contributed by atoms with Crippen molar-refractivity contribution < 1.29 is 43.0 Å². The average Bonchev–Trinajstić information content (AvgIpc) is 3.32. The third-order valence-corrected chi connectivity index (χ3v) is 14.5. The highest BCUT2D eigenvalue weighted by Gasteiger charge is 2.26. The summed E-state index contributed by atoms with van der Waals surface area (Å²) in [7, 11) is -4.51. The van der Waals surface area contributed by atoms with Crippen molar-refractivity contribution >= 4 is 13.8 Å². The Hall–Kier alpha value is -0.540. The predicted octanol–water partition coefficient (Wildman–Crippen LogP) is 17.8. The lowest BCUT2D eigenvalue weighted by Gasteiger charge is -2.20. The van der Waals surface area contributed by atoms with Gasteiger partial charge in [0.05, 0.1) is 26.4 Å². The summed E-state index contributed by atoms with van der Waals surface area (Å²) >= 11 is 0. The predicted molar refractivity (Wildman–Crippen MR) is 284 cm³/mol. The number of carbonyl (C=O) groups excluding carboxylic acids is 1. The number of unbranched alkanes of at least 4 members (excludes halogenated alkanes) is 44. The van der Waals surface area contributed by atoms with Crippen molar-refractivity contribution in [1.82, 2.24) is 0 Å². The quantitative estimate of drug-likeness (QED) is 0.0310. The van der Waals surface area contributed by atoms with Gasteiger partial charge in [-0.15, -0.1) is 0 Å². The minimum Gasteiger partial charge on any atom is -0.457 e. The molecule has 0 amide bonds. The second kappa shape index (κ2) is 54.8. The van der Waals surface area contributed by atoms with E-state index in [0.29, 0.717) is 6.61 Å². The Bertz CT molecular complexity index is 1020. The molecule has 0 radical (unpaired) electrons. The molecule has 0 aromatic carbocycles. The molecule has 3 N–H and O–H groups in total. The second-order valence-electron chi connectivity index (χ2n) is 20.4. The van der Waals surface area contributed by atoms with Gasteiger partial charge in [0.15, 0.2) is 0 Å². The molecular formula is C57H115O9P. The van der Waals surface area contributed by atoms with Crippen LogP contribution in [-0.2, 0) is 27.9 Å². The standard InChI is InChI=1S/C57H115O9P/c1-3-5-7-9-11-13-15-17-18-19-20-21-22-23-24-25-26-27-28-29-30-31-32-33-34-35-36-37-38-39-41-43-45-47-49-57(60)66-56(54-65-67(61,62)64-52-55(59)51-58)53-63-50-48-46-44-42-40-16-14-12-10-8-6-4-2/h55-56,58-59H,3-54H2,1-2H3,(H,61,62)/t55-,56+/m0/s1. The molecule has 9 nitrogen and oxygen atoms in total. The average molecular weight is 976 g/mol. The summed E-state index contributed by atoms with van der Waals surface area (Å²) in [6.07, 6.45) is 59.8. The molecular weight excluding hydrogens is 860 g/mol. The number of carbonyl (C=O) groups is 1. The van der Waals surface area contributed by atoms with Crippen molar-refractivity contribution in [3.05, 3.63) is 0 Å². The number of phosphoric acid groups is 1. The SMILES string of the molecule is CCCCCCCCCCCCCCCCCCCCCCCCCCCCCCCCCCCCC(=O)O[C@H](COCCCCCCCCCCCCCC)COP(=O)(O)OC[C@@H](O)CO. The third-order valence-electron chi connectivity index (χ3n) is 13.5. The number of aliphatic hydroxyl groups is 2. The summed E-state index contributed by atoms with van der Waals surface area (Å²) in [6.45, 7) is 3.60. The number of hydrogen-bond acceptors (Lipinski definition) is 8. The topological polar surface area (TPSA) is 132 Å². The zero-order valence-electron chi connectivity index (χ0n) is 44.7. The van der Waals surface area contributed by atoms with Crippen LogP contribution in [0.3, 0.4) is 0 Å². The molecule has 402 valence electrons. The first-order valence-electron chi connectivity index (χ1n) is 29.5. The van der Waals surface area contributed by atoms with Gasteiger partial charge in [-0.3, -0.25) is 13.8 Å². The maximum atomic E-state index is 12.7. The fraction of sp³-hybridized carbons (Fsp3) is 0.982. The van der Waals surface area contributed by atoms with Crippen LogP contribution in [0, 0.1) is 0 Å². The van der Waals surface area contributed by atoms with E-state index in [1.807, 2.05) is 0 Å². The first kappa shape index (κ1) is 66.5. The highest BCUT2D eigenvalue weighted by atomic mass is 31.2. The molecule has 0 saturated heterocycles. The van der Waals surface area contributed by atoms with E-state index in [-0.39, 0.29) is 25.6 Å². The highest BCUT2D eigenvalue weighted by Crippen LogP contribution is 2.43. The van der Waals surface area contributed by atoms with E-state index < -0.39 is 33.2 Å². The Kier molecular flexibility index (Phi) is 54.3. The molecule has 0 bridgehead atoms. The van der Waals surface area contributed by atoms with Crippen LogP contribution in [0.2, 0.25) is 0 Å². The molecule has 3 atom stereocenters. The normalized spacial score (nSPS) is 13.6. The Morgan fingerprint density at radius 1 is 0.403 bits per heavy atom. The zero-order chi connectivity index (χ0) is 48.8. The lowest BCUT2D eigenvalue weighted by atomic mass is 10.0. The van der Waals surface area contributed by atoms with E-state index in [4.69, 9.17) is 23.6 Å². The van der Waals surface area contributed by atoms with Crippen molar-refractivity contribution in [2.75, 3.05) is 33.0 Å². The Morgan fingerprint density at radius 3 is 0.970 bits per heavy atom. The minimum atomic E-state index is -4.51. The summed E-state index contributed by atoms with van der Waals surface area (Å²) in [5.41, 5.74) is 0. The number of ether oxygens (including phenoxy) is 2. The van der Waals surface area contributed by atoms with Gasteiger partial charge < -0.3 is 24.6 Å². The van der Waals surface area contributed by atoms with E-state index in [2.05, 4.69) is 13.8 Å². The van der Waals surface area contributed by atoms with Crippen LogP contribution in [-0.4, -0.2) is 66.3 Å². The summed E-state index contributed by atoms with van der Waals surface area (Å²) in [5, 5.41) is 18.4. The van der Waals surface area contributed by atoms with Crippen LogP contribution in [0.25, 0.3) is 0 Å². The molecule has 0 spiro atoms. The Balaban J connectivity index is 3.76. The van der Waals surface area contributed by atoms with Crippen LogP contribution in [0.15, 0.2) is 0 Å². The number of phosphoric ester groups is 1. The number of hydrogen-bond donors (Lipinski definition) is 3. The Labute approximate surface area is 416 Å². The Morgan fingerprint density at radius 2 is 0.672 bits per heavy atom. The van der Waals surface area contributed by atoms with E-state index in [0.717, 1.165) is 32.1 Å². The largest absolute Gasteiger partial charge is 0.472 e. The van der Waals surface area contributed by atoms with Gasteiger partial charge >= 0.3 is 13.8 Å². The first-order valence-corrected chi connectivity index (χ1v) is 31.0. The van der Waals surface area contributed by atoms with Crippen molar-refractivity contribution in [1.29, 1.82) is 0 Å². The van der Waals surface area contributed by atoms with Gasteiger partial charge in [0.25, 0.3) is 0 Å². The molecule has 0 aliphatic rings. The van der Waals surface area contributed by atoms with E-state index in [1.54, 1.807) is 0 Å². The van der Waals surface area contributed by atoms with Crippen molar-refractivity contribution in [2.45, 2.75) is 328 Å². The van der Waals surface area contributed by atoms with Gasteiger partial charge in [-0.25, -0.2) is 4.57 Å². The molecule has 0 aliphatic heterocycles. The molecule has 0 rings (SSSR count). The summed E-state index contributed by atoms with van der Waals surface area (Å²) in [4.78, 5) is 22.7. The van der Waals surface area contributed by atoms with Gasteiger partial charge in [-0.1, -0.05) is 296 Å². The summed E-state index contributed by atoms with van der Waals surface area (Å²) in [6, 6.07) is 0. The maximum absolute atomic E-state index is 12.7. The van der Waals surface area contributed by atoms with Gasteiger partial charge in [0.2, 0.25) is 0 Å². The van der Waals surface area contributed by atoms with Gasteiger partial charge in [-0.05, 0) is 12.8 Å². The fourth-order valence-electron chi connectivity index (χ4n) is 9.07. The molecule has 0 aromatic heterocycles.